The third kappa shape index (κ3) is 3.42. The minimum absolute atomic E-state index is 0.195. The van der Waals surface area contributed by atoms with Gasteiger partial charge in [-0.25, -0.2) is 0 Å². The van der Waals surface area contributed by atoms with Gasteiger partial charge < -0.3 is 15.5 Å². The van der Waals surface area contributed by atoms with E-state index in [2.05, 4.69) is 21.2 Å². The highest BCUT2D eigenvalue weighted by molar-refractivity contribution is 9.10. The average Bonchev–Trinajstić information content (AvgIpc) is 2.83. The molecule has 0 aliphatic heterocycles. The largest absolute Gasteiger partial charge is 0.457 e. The van der Waals surface area contributed by atoms with Crippen LogP contribution in [0.5, 0.6) is 0 Å². The minimum Gasteiger partial charge on any atom is -0.457 e. The number of hydrogen-bond donors (Lipinski definition) is 2. The molecule has 0 bridgehead atoms. The highest BCUT2D eigenvalue weighted by Gasteiger charge is 2.11. The number of rotatable bonds is 4. The molecule has 0 fully saturated rings. The predicted octanol–water partition coefficient (Wildman–Crippen LogP) is 2.61. The van der Waals surface area contributed by atoms with E-state index in [-0.39, 0.29) is 5.91 Å². The summed E-state index contributed by atoms with van der Waals surface area (Å²) in [6.07, 6.45) is 1.45. The van der Waals surface area contributed by atoms with Crippen LogP contribution >= 0.6 is 28.1 Å². The lowest BCUT2D eigenvalue weighted by Crippen LogP contribution is -2.22. The van der Waals surface area contributed by atoms with Crippen molar-refractivity contribution in [2.24, 2.45) is 5.73 Å². The van der Waals surface area contributed by atoms with Crippen molar-refractivity contribution < 1.29 is 9.21 Å². The summed E-state index contributed by atoms with van der Waals surface area (Å²) < 4.78 is 5.43. The molecule has 3 N–H and O–H groups in total. The predicted molar refractivity (Wildman–Crippen MR) is 79.9 cm³/mol. The van der Waals surface area contributed by atoms with Crippen molar-refractivity contribution in [1.82, 2.24) is 5.32 Å². The zero-order valence-electron chi connectivity index (χ0n) is 9.85. The Bertz CT molecular complexity index is 607. The molecule has 2 aromatic rings. The molecule has 1 heterocycles. The maximum Gasteiger partial charge on any atom is 0.256 e. The first-order valence-corrected chi connectivity index (χ1v) is 6.68. The molecule has 2 rings (SSSR count). The molecule has 6 heteroatoms. The van der Waals surface area contributed by atoms with Gasteiger partial charge in [0.15, 0.2) is 4.67 Å². The summed E-state index contributed by atoms with van der Waals surface area (Å²) >= 11 is 8.04. The molecule has 1 aromatic heterocycles. The lowest BCUT2D eigenvalue weighted by atomic mass is 10.1. The smallest absolute Gasteiger partial charge is 0.256 e. The first-order valence-electron chi connectivity index (χ1n) is 5.48. The van der Waals surface area contributed by atoms with Crippen LogP contribution in [0.2, 0.25) is 0 Å². The second-order valence-electron chi connectivity index (χ2n) is 3.85. The van der Waals surface area contributed by atoms with Crippen molar-refractivity contribution >= 4 is 39.0 Å². The Morgan fingerprint density at radius 2 is 2.00 bits per heavy atom. The number of halogens is 1. The molecule has 0 saturated carbocycles. The number of carbonyl (C=O) groups is 1. The summed E-state index contributed by atoms with van der Waals surface area (Å²) in [6.45, 7) is 0.425. The van der Waals surface area contributed by atoms with Crippen LogP contribution in [-0.4, -0.2) is 10.9 Å². The van der Waals surface area contributed by atoms with Gasteiger partial charge in [0.25, 0.3) is 5.91 Å². The number of thiocarbonyl (C=S) groups is 1. The van der Waals surface area contributed by atoms with E-state index in [1.807, 2.05) is 24.3 Å². The number of furan rings is 1. The number of amides is 1. The van der Waals surface area contributed by atoms with Gasteiger partial charge in [0, 0.05) is 12.1 Å². The lowest BCUT2D eigenvalue weighted by molar-refractivity contribution is 0.0949. The van der Waals surface area contributed by atoms with E-state index in [4.69, 9.17) is 22.4 Å². The molecule has 0 aliphatic carbocycles. The number of hydrogen-bond acceptors (Lipinski definition) is 3. The SMILES string of the molecule is NC(=S)c1ccc(CNC(=O)c2ccoc2Br)cc1. The molecule has 0 atom stereocenters. The Kier molecular flexibility index (Phi) is 4.34. The van der Waals surface area contributed by atoms with Gasteiger partial charge in [0.1, 0.15) is 4.99 Å². The maximum absolute atomic E-state index is 11.8. The molecule has 4 nitrogen and oxygen atoms in total. The van der Waals surface area contributed by atoms with Crippen LogP contribution < -0.4 is 11.1 Å². The zero-order valence-corrected chi connectivity index (χ0v) is 12.3. The third-order valence-corrected chi connectivity index (χ3v) is 3.40. The van der Waals surface area contributed by atoms with Crippen molar-refractivity contribution in [3.63, 3.8) is 0 Å². The first kappa shape index (κ1) is 13.8. The quantitative estimate of drug-likeness (QED) is 0.841. The fourth-order valence-corrected chi connectivity index (χ4v) is 2.08. The Morgan fingerprint density at radius 3 is 2.53 bits per heavy atom. The average molecular weight is 339 g/mol. The van der Waals surface area contributed by atoms with Crippen LogP contribution in [0.1, 0.15) is 21.5 Å². The first-order chi connectivity index (χ1) is 9.08. The lowest BCUT2D eigenvalue weighted by Gasteiger charge is -2.05. The second kappa shape index (κ2) is 5.99. The molecule has 98 valence electrons. The fourth-order valence-electron chi connectivity index (χ4n) is 1.52. The van der Waals surface area contributed by atoms with E-state index >= 15 is 0 Å². The van der Waals surface area contributed by atoms with Gasteiger partial charge in [-0.15, -0.1) is 0 Å². The van der Waals surface area contributed by atoms with Crippen molar-refractivity contribution in [3.8, 4) is 0 Å². The third-order valence-electron chi connectivity index (χ3n) is 2.55. The maximum atomic E-state index is 11.8. The number of carbonyl (C=O) groups excluding carboxylic acids is 1. The number of nitrogens with two attached hydrogens (primary N) is 1. The van der Waals surface area contributed by atoms with Crippen molar-refractivity contribution in [3.05, 3.63) is 58.0 Å². The van der Waals surface area contributed by atoms with Crippen molar-refractivity contribution in [1.29, 1.82) is 0 Å². The van der Waals surface area contributed by atoms with Crippen molar-refractivity contribution in [2.75, 3.05) is 0 Å². The normalized spacial score (nSPS) is 10.2. The zero-order chi connectivity index (χ0) is 13.8. The highest BCUT2D eigenvalue weighted by Crippen LogP contribution is 2.17. The van der Waals surface area contributed by atoms with E-state index in [1.165, 1.54) is 6.26 Å². The summed E-state index contributed by atoms with van der Waals surface area (Å²) in [5, 5.41) is 2.80. The van der Waals surface area contributed by atoms with E-state index in [9.17, 15) is 4.79 Å². The van der Waals surface area contributed by atoms with Crippen LogP contribution in [0, 0.1) is 0 Å². The molecule has 0 unspecified atom stereocenters. The molecule has 1 aromatic carbocycles. The molecular formula is C13H11BrN2O2S. The molecule has 19 heavy (non-hydrogen) atoms. The highest BCUT2D eigenvalue weighted by atomic mass is 79.9. The Labute approximate surface area is 124 Å². The van der Waals surface area contributed by atoms with Gasteiger partial charge in [-0.05, 0) is 27.6 Å². The minimum atomic E-state index is -0.195. The summed E-state index contributed by atoms with van der Waals surface area (Å²) in [5.74, 6) is -0.195. The summed E-state index contributed by atoms with van der Waals surface area (Å²) in [6, 6.07) is 9.02. The van der Waals surface area contributed by atoms with E-state index in [1.54, 1.807) is 6.07 Å². The Morgan fingerprint density at radius 1 is 1.32 bits per heavy atom. The standard InChI is InChI=1S/C13H11BrN2O2S/c14-11-10(5-6-18-11)13(17)16-7-8-1-3-9(4-2-8)12(15)19/h1-6H,7H2,(H2,15,19)(H,16,17). The van der Waals surface area contributed by atoms with Gasteiger partial charge in [-0.2, -0.15) is 0 Å². The summed E-state index contributed by atoms with van der Waals surface area (Å²) in [7, 11) is 0. The Balaban J connectivity index is 1.97. The van der Waals surface area contributed by atoms with Crippen molar-refractivity contribution in [2.45, 2.75) is 6.54 Å². The van der Waals surface area contributed by atoms with Crippen LogP contribution in [0.4, 0.5) is 0 Å². The van der Waals surface area contributed by atoms with Gasteiger partial charge in [0.2, 0.25) is 0 Å². The molecule has 0 saturated heterocycles. The number of benzene rings is 1. The Hall–Kier alpha value is -1.66. The van der Waals surface area contributed by atoms with Gasteiger partial charge >= 0.3 is 0 Å². The van der Waals surface area contributed by atoms with Crippen LogP contribution in [0.25, 0.3) is 0 Å². The van der Waals surface area contributed by atoms with E-state index < -0.39 is 0 Å². The van der Waals surface area contributed by atoms with Crippen LogP contribution in [0.15, 0.2) is 45.7 Å². The van der Waals surface area contributed by atoms with Crippen LogP contribution in [0.3, 0.4) is 0 Å². The fraction of sp³-hybridized carbons (Fsp3) is 0.0769. The molecule has 0 aliphatic rings. The topological polar surface area (TPSA) is 68.3 Å². The monoisotopic (exact) mass is 338 g/mol. The van der Waals surface area contributed by atoms with Gasteiger partial charge in [-0.3, -0.25) is 4.79 Å². The van der Waals surface area contributed by atoms with Gasteiger partial charge in [-0.1, -0.05) is 36.5 Å². The van der Waals surface area contributed by atoms with E-state index in [0.29, 0.717) is 21.8 Å². The molecule has 0 radical (unpaired) electrons. The van der Waals surface area contributed by atoms with E-state index in [0.717, 1.165) is 11.1 Å². The second-order valence-corrected chi connectivity index (χ2v) is 5.01. The number of nitrogens with one attached hydrogen (secondary N) is 1. The van der Waals surface area contributed by atoms with Gasteiger partial charge in [0.05, 0.1) is 11.8 Å². The summed E-state index contributed by atoms with van der Waals surface area (Å²) in [5.41, 5.74) is 7.76. The molecular weight excluding hydrogens is 328 g/mol. The van der Waals surface area contributed by atoms with Crippen LogP contribution in [-0.2, 0) is 6.54 Å². The summed E-state index contributed by atoms with van der Waals surface area (Å²) in [4.78, 5) is 12.2. The molecule has 1 amide bonds. The molecule has 0 spiro atoms.